The van der Waals surface area contributed by atoms with Crippen LogP contribution in [0.15, 0.2) is 16.9 Å². The first kappa shape index (κ1) is 9.61. The Morgan fingerprint density at radius 1 is 1.67 bits per heavy atom. The molecular formula is C8H14N2OS. The van der Waals surface area contributed by atoms with Gasteiger partial charge in [0.1, 0.15) is 6.26 Å². The number of aromatic nitrogens is 1. The highest BCUT2D eigenvalue weighted by molar-refractivity contribution is 7.98. The summed E-state index contributed by atoms with van der Waals surface area (Å²) >= 11 is 1.88. The molecule has 0 aliphatic heterocycles. The summed E-state index contributed by atoms with van der Waals surface area (Å²) in [5.41, 5.74) is 0.971. The van der Waals surface area contributed by atoms with Crippen LogP contribution in [-0.2, 0) is 6.54 Å². The number of rotatable bonds is 6. The number of hydrogen-bond donors (Lipinski definition) is 1. The van der Waals surface area contributed by atoms with Crippen molar-refractivity contribution < 1.29 is 4.52 Å². The Hall–Kier alpha value is -0.480. The van der Waals surface area contributed by atoms with Crippen LogP contribution in [0.5, 0.6) is 0 Å². The van der Waals surface area contributed by atoms with Crippen molar-refractivity contribution in [1.29, 1.82) is 0 Å². The molecule has 1 rings (SSSR count). The highest BCUT2D eigenvalue weighted by Crippen LogP contribution is 1.95. The normalized spacial score (nSPS) is 10.4. The van der Waals surface area contributed by atoms with Crippen LogP contribution >= 0.6 is 11.8 Å². The lowest BCUT2D eigenvalue weighted by Gasteiger charge is -1.99. The molecule has 0 amide bonds. The van der Waals surface area contributed by atoms with Crippen LogP contribution in [0.2, 0.25) is 0 Å². The van der Waals surface area contributed by atoms with E-state index in [9.17, 15) is 0 Å². The van der Waals surface area contributed by atoms with E-state index < -0.39 is 0 Å². The molecule has 0 aromatic carbocycles. The van der Waals surface area contributed by atoms with E-state index in [4.69, 9.17) is 4.52 Å². The average molecular weight is 186 g/mol. The minimum Gasteiger partial charge on any atom is -0.364 e. The van der Waals surface area contributed by atoms with Crippen LogP contribution in [0.1, 0.15) is 12.1 Å². The lowest BCUT2D eigenvalue weighted by atomic mass is 10.4. The molecule has 0 saturated carbocycles. The van der Waals surface area contributed by atoms with E-state index in [1.807, 2.05) is 17.8 Å². The minimum atomic E-state index is 0.810. The average Bonchev–Trinajstić information content (AvgIpc) is 2.57. The Labute approximate surface area is 76.9 Å². The van der Waals surface area contributed by atoms with Crippen LogP contribution in [0, 0.1) is 0 Å². The predicted molar refractivity (Wildman–Crippen MR) is 51.2 cm³/mol. The maximum absolute atomic E-state index is 4.70. The van der Waals surface area contributed by atoms with Gasteiger partial charge in [-0.2, -0.15) is 11.8 Å². The van der Waals surface area contributed by atoms with Gasteiger partial charge < -0.3 is 9.84 Å². The Bertz CT molecular complexity index is 189. The fourth-order valence-electron chi connectivity index (χ4n) is 0.887. The topological polar surface area (TPSA) is 38.1 Å². The zero-order valence-electron chi connectivity index (χ0n) is 7.25. The third-order valence-corrected chi connectivity index (χ3v) is 2.20. The minimum absolute atomic E-state index is 0.810. The maximum Gasteiger partial charge on any atom is 0.124 e. The lowest BCUT2D eigenvalue weighted by Crippen LogP contribution is -2.15. The number of hydrogen-bond acceptors (Lipinski definition) is 4. The van der Waals surface area contributed by atoms with Gasteiger partial charge in [-0.15, -0.1) is 0 Å². The summed E-state index contributed by atoms with van der Waals surface area (Å²) in [5.74, 6) is 1.21. The van der Waals surface area contributed by atoms with Crippen molar-refractivity contribution in [3.05, 3.63) is 18.0 Å². The van der Waals surface area contributed by atoms with Crippen molar-refractivity contribution in [2.45, 2.75) is 13.0 Å². The van der Waals surface area contributed by atoms with Gasteiger partial charge in [0.25, 0.3) is 0 Å². The van der Waals surface area contributed by atoms with Gasteiger partial charge in [-0.3, -0.25) is 0 Å². The van der Waals surface area contributed by atoms with Crippen molar-refractivity contribution in [3.63, 3.8) is 0 Å². The second-order valence-electron chi connectivity index (χ2n) is 2.51. The fraction of sp³-hybridized carbons (Fsp3) is 0.625. The molecule has 68 valence electrons. The molecule has 0 unspecified atom stereocenters. The summed E-state index contributed by atoms with van der Waals surface area (Å²) in [6, 6.07) is 1.88. The molecule has 4 heteroatoms. The van der Waals surface area contributed by atoms with Gasteiger partial charge in [0.05, 0.1) is 5.69 Å². The molecule has 1 heterocycles. The van der Waals surface area contributed by atoms with Gasteiger partial charge in [0, 0.05) is 12.6 Å². The summed E-state index contributed by atoms with van der Waals surface area (Å²) < 4.78 is 4.70. The molecule has 0 radical (unpaired) electrons. The molecule has 0 spiro atoms. The first-order valence-electron chi connectivity index (χ1n) is 4.02. The van der Waals surface area contributed by atoms with Crippen LogP contribution < -0.4 is 5.32 Å². The second kappa shape index (κ2) is 6.08. The number of nitrogens with one attached hydrogen (secondary N) is 1. The SMILES string of the molecule is CSCCCNCc1ccon1. The van der Waals surface area contributed by atoms with E-state index in [1.165, 1.54) is 12.2 Å². The van der Waals surface area contributed by atoms with E-state index in [0.717, 1.165) is 18.8 Å². The maximum atomic E-state index is 4.70. The van der Waals surface area contributed by atoms with Crippen molar-refractivity contribution in [2.24, 2.45) is 0 Å². The molecule has 0 fully saturated rings. The zero-order valence-corrected chi connectivity index (χ0v) is 8.06. The van der Waals surface area contributed by atoms with Crippen molar-refractivity contribution in [3.8, 4) is 0 Å². The molecule has 0 aliphatic rings. The number of thioether (sulfide) groups is 1. The highest BCUT2D eigenvalue weighted by Gasteiger charge is 1.93. The van der Waals surface area contributed by atoms with E-state index in [0.29, 0.717) is 0 Å². The summed E-state index contributed by atoms with van der Waals surface area (Å²) in [5, 5.41) is 7.08. The Kier molecular flexibility index (Phi) is 4.87. The van der Waals surface area contributed by atoms with Crippen molar-refractivity contribution in [2.75, 3.05) is 18.6 Å². The molecule has 0 atom stereocenters. The van der Waals surface area contributed by atoms with Gasteiger partial charge in [0.2, 0.25) is 0 Å². The van der Waals surface area contributed by atoms with E-state index in [-0.39, 0.29) is 0 Å². The molecule has 1 aromatic rings. The Morgan fingerprint density at radius 2 is 2.58 bits per heavy atom. The van der Waals surface area contributed by atoms with Gasteiger partial charge in [-0.1, -0.05) is 5.16 Å². The van der Waals surface area contributed by atoms with Crippen LogP contribution in [0.25, 0.3) is 0 Å². The molecule has 0 bridgehead atoms. The first-order valence-corrected chi connectivity index (χ1v) is 5.42. The van der Waals surface area contributed by atoms with Gasteiger partial charge >= 0.3 is 0 Å². The van der Waals surface area contributed by atoms with Crippen molar-refractivity contribution >= 4 is 11.8 Å². The second-order valence-corrected chi connectivity index (χ2v) is 3.50. The van der Waals surface area contributed by atoms with Crippen molar-refractivity contribution in [1.82, 2.24) is 10.5 Å². The molecule has 0 saturated heterocycles. The predicted octanol–water partition coefficient (Wildman–Crippen LogP) is 1.52. The van der Waals surface area contributed by atoms with E-state index >= 15 is 0 Å². The van der Waals surface area contributed by atoms with Crippen LogP contribution in [0.4, 0.5) is 0 Å². The van der Waals surface area contributed by atoms with Gasteiger partial charge in [0.15, 0.2) is 0 Å². The molecule has 12 heavy (non-hydrogen) atoms. The molecule has 1 aromatic heterocycles. The summed E-state index contributed by atoms with van der Waals surface area (Å²) in [4.78, 5) is 0. The van der Waals surface area contributed by atoms with Crippen LogP contribution in [-0.4, -0.2) is 23.7 Å². The van der Waals surface area contributed by atoms with Gasteiger partial charge in [-0.25, -0.2) is 0 Å². The molecule has 0 aliphatic carbocycles. The Balaban J connectivity index is 1.96. The van der Waals surface area contributed by atoms with Crippen LogP contribution in [0.3, 0.4) is 0 Å². The summed E-state index contributed by atoms with van der Waals surface area (Å²) in [6.07, 6.45) is 4.93. The van der Waals surface area contributed by atoms with E-state index in [1.54, 1.807) is 6.26 Å². The van der Waals surface area contributed by atoms with E-state index in [2.05, 4.69) is 16.7 Å². The smallest absolute Gasteiger partial charge is 0.124 e. The monoisotopic (exact) mass is 186 g/mol. The molecule has 3 nitrogen and oxygen atoms in total. The fourth-order valence-corrected chi connectivity index (χ4v) is 1.32. The lowest BCUT2D eigenvalue weighted by molar-refractivity contribution is 0.408. The highest BCUT2D eigenvalue weighted by atomic mass is 32.2. The standard InChI is InChI=1S/C8H14N2OS/c1-12-6-2-4-9-7-8-3-5-11-10-8/h3,5,9H,2,4,6-7H2,1H3. The quantitative estimate of drug-likeness (QED) is 0.683. The third-order valence-electron chi connectivity index (χ3n) is 1.50. The Morgan fingerprint density at radius 3 is 3.25 bits per heavy atom. The van der Waals surface area contributed by atoms with Gasteiger partial charge in [-0.05, 0) is 25.0 Å². The number of nitrogens with zero attached hydrogens (tertiary/aromatic N) is 1. The largest absolute Gasteiger partial charge is 0.364 e. The first-order chi connectivity index (χ1) is 5.93. The third kappa shape index (κ3) is 3.78. The molecule has 1 N–H and O–H groups in total. The summed E-state index contributed by atoms with van der Waals surface area (Å²) in [6.45, 7) is 1.86. The molecular weight excluding hydrogens is 172 g/mol. The zero-order chi connectivity index (χ0) is 8.65. The summed E-state index contributed by atoms with van der Waals surface area (Å²) in [7, 11) is 0.